The second-order valence-electron chi connectivity index (χ2n) is 3.99. The van der Waals surface area contributed by atoms with Gasteiger partial charge in [0, 0.05) is 6.54 Å². The van der Waals surface area contributed by atoms with E-state index in [-0.39, 0.29) is 18.4 Å². The van der Waals surface area contributed by atoms with Crippen molar-refractivity contribution in [1.29, 1.82) is 0 Å². The van der Waals surface area contributed by atoms with Crippen LogP contribution >= 0.6 is 0 Å². The molecule has 80 valence electrons. The molecule has 3 heteroatoms. The van der Waals surface area contributed by atoms with Gasteiger partial charge in [-0.1, -0.05) is 30.3 Å². The van der Waals surface area contributed by atoms with Gasteiger partial charge in [-0.3, -0.25) is 4.79 Å². The van der Waals surface area contributed by atoms with Crippen LogP contribution in [0.1, 0.15) is 24.9 Å². The molecule has 0 saturated carbocycles. The van der Waals surface area contributed by atoms with Gasteiger partial charge < -0.3 is 10.0 Å². The maximum atomic E-state index is 11.6. The normalized spacial score (nSPS) is 23.2. The lowest BCUT2D eigenvalue weighted by Gasteiger charge is -2.24. The van der Waals surface area contributed by atoms with Crippen LogP contribution in [0.25, 0.3) is 0 Å². The Hall–Kier alpha value is -1.35. The van der Waals surface area contributed by atoms with Crippen LogP contribution in [-0.2, 0) is 4.79 Å². The maximum Gasteiger partial charge on any atom is 0.225 e. The number of aliphatic hydroxyl groups is 1. The molecule has 1 aliphatic heterocycles. The van der Waals surface area contributed by atoms with E-state index in [4.69, 9.17) is 0 Å². The second kappa shape index (κ2) is 4.03. The highest BCUT2D eigenvalue weighted by atomic mass is 16.3. The number of benzene rings is 1. The van der Waals surface area contributed by atoms with Gasteiger partial charge in [-0.05, 0) is 12.5 Å². The molecule has 1 N–H and O–H groups in total. The third-order valence-corrected chi connectivity index (χ3v) is 2.89. The van der Waals surface area contributed by atoms with Crippen molar-refractivity contribution in [1.82, 2.24) is 4.90 Å². The number of amides is 1. The van der Waals surface area contributed by atoms with Gasteiger partial charge in [0.15, 0.2) is 0 Å². The number of aliphatic hydroxyl groups excluding tert-OH is 1. The van der Waals surface area contributed by atoms with E-state index in [1.165, 1.54) is 0 Å². The molecule has 0 radical (unpaired) electrons. The Kier molecular flexibility index (Phi) is 2.73. The Morgan fingerprint density at radius 3 is 2.60 bits per heavy atom. The van der Waals surface area contributed by atoms with Crippen LogP contribution in [0, 0.1) is 0 Å². The molecule has 1 fully saturated rings. The van der Waals surface area contributed by atoms with Gasteiger partial charge in [-0.2, -0.15) is 0 Å². The first kappa shape index (κ1) is 10.2. The zero-order chi connectivity index (χ0) is 10.8. The summed E-state index contributed by atoms with van der Waals surface area (Å²) in [5, 5.41) is 9.40. The average molecular weight is 205 g/mol. The van der Waals surface area contributed by atoms with Gasteiger partial charge in [0.25, 0.3) is 0 Å². The lowest BCUT2D eigenvalue weighted by atomic mass is 10.1. The van der Waals surface area contributed by atoms with E-state index in [1.54, 1.807) is 4.90 Å². The summed E-state index contributed by atoms with van der Waals surface area (Å²) in [5.41, 5.74) is 1.11. The molecule has 1 aliphatic rings. The Labute approximate surface area is 89.3 Å². The summed E-state index contributed by atoms with van der Waals surface area (Å²) in [6.07, 6.45) is -0.236. The van der Waals surface area contributed by atoms with Crippen LogP contribution in [0.3, 0.4) is 0 Å². The van der Waals surface area contributed by atoms with Crippen LogP contribution in [-0.4, -0.2) is 28.6 Å². The molecular formula is C12H15NO2. The fourth-order valence-electron chi connectivity index (χ4n) is 2.00. The monoisotopic (exact) mass is 205 g/mol. The van der Waals surface area contributed by atoms with Crippen LogP contribution in [0.4, 0.5) is 0 Å². The van der Waals surface area contributed by atoms with Gasteiger partial charge in [0.1, 0.15) is 0 Å². The van der Waals surface area contributed by atoms with Gasteiger partial charge in [-0.15, -0.1) is 0 Å². The molecule has 1 aromatic rings. The minimum Gasteiger partial charge on any atom is -0.391 e. The third-order valence-electron chi connectivity index (χ3n) is 2.89. The summed E-state index contributed by atoms with van der Waals surface area (Å²) in [7, 11) is 0. The smallest absolute Gasteiger partial charge is 0.225 e. The van der Waals surface area contributed by atoms with Gasteiger partial charge in [0.2, 0.25) is 5.91 Å². The summed E-state index contributed by atoms with van der Waals surface area (Å²) in [4.78, 5) is 13.3. The van der Waals surface area contributed by atoms with Gasteiger partial charge in [-0.25, -0.2) is 0 Å². The summed E-state index contributed by atoms with van der Waals surface area (Å²) in [5.74, 6) is 0.0406. The molecule has 0 aromatic heterocycles. The van der Waals surface area contributed by atoms with Crippen molar-refractivity contribution >= 4 is 5.91 Å². The lowest BCUT2D eigenvalue weighted by molar-refractivity contribution is -0.129. The quantitative estimate of drug-likeness (QED) is 0.791. The number of hydrogen-bond acceptors (Lipinski definition) is 2. The predicted molar refractivity (Wildman–Crippen MR) is 57.2 cm³/mol. The van der Waals surface area contributed by atoms with Crippen molar-refractivity contribution in [2.45, 2.75) is 25.5 Å². The fraction of sp³-hybridized carbons (Fsp3) is 0.417. The molecule has 3 nitrogen and oxygen atoms in total. The van der Waals surface area contributed by atoms with Crippen molar-refractivity contribution in [2.75, 3.05) is 6.54 Å². The van der Waals surface area contributed by atoms with Crippen molar-refractivity contribution in [2.24, 2.45) is 0 Å². The van der Waals surface area contributed by atoms with Crippen molar-refractivity contribution in [3.63, 3.8) is 0 Å². The highest BCUT2D eigenvalue weighted by Gasteiger charge is 2.31. The van der Waals surface area contributed by atoms with Crippen molar-refractivity contribution in [3.05, 3.63) is 35.9 Å². The molecule has 1 saturated heterocycles. The van der Waals surface area contributed by atoms with Crippen LogP contribution in [0.5, 0.6) is 0 Å². The number of carbonyl (C=O) groups is 1. The summed E-state index contributed by atoms with van der Waals surface area (Å²) in [6.45, 7) is 2.44. The number of likely N-dealkylation sites (tertiary alicyclic amines) is 1. The Morgan fingerprint density at radius 2 is 2.07 bits per heavy atom. The van der Waals surface area contributed by atoms with E-state index in [9.17, 15) is 9.90 Å². The largest absolute Gasteiger partial charge is 0.391 e. The molecule has 2 rings (SSSR count). The molecule has 2 atom stereocenters. The maximum absolute atomic E-state index is 11.6. The lowest BCUT2D eigenvalue weighted by Crippen LogP contribution is -2.29. The molecule has 0 unspecified atom stereocenters. The van der Waals surface area contributed by atoms with E-state index in [0.29, 0.717) is 6.54 Å². The molecule has 1 amide bonds. The molecular weight excluding hydrogens is 190 g/mol. The second-order valence-corrected chi connectivity index (χ2v) is 3.99. The number of carbonyl (C=O) groups excluding carboxylic acids is 1. The summed E-state index contributed by atoms with van der Waals surface area (Å²) < 4.78 is 0. The van der Waals surface area contributed by atoms with Crippen LogP contribution in [0.2, 0.25) is 0 Å². The molecule has 1 aromatic carbocycles. The van der Waals surface area contributed by atoms with E-state index in [1.807, 2.05) is 37.3 Å². The molecule has 1 heterocycles. The first-order valence-corrected chi connectivity index (χ1v) is 5.21. The summed E-state index contributed by atoms with van der Waals surface area (Å²) in [6, 6.07) is 9.93. The SMILES string of the molecule is C[C@H](c1ccccc1)N1C[C@@H](O)CC1=O. The zero-order valence-corrected chi connectivity index (χ0v) is 8.76. The number of β-amino-alcohol motifs (C(OH)–C–C–N with tert-alkyl or cyclic N) is 1. The first-order valence-electron chi connectivity index (χ1n) is 5.21. The summed E-state index contributed by atoms with van der Waals surface area (Å²) >= 11 is 0. The van der Waals surface area contributed by atoms with E-state index >= 15 is 0 Å². The van der Waals surface area contributed by atoms with Gasteiger partial charge in [0.05, 0.1) is 18.6 Å². The molecule has 15 heavy (non-hydrogen) atoms. The molecule has 0 bridgehead atoms. The van der Waals surface area contributed by atoms with E-state index in [0.717, 1.165) is 5.56 Å². The Balaban J connectivity index is 2.15. The Bertz CT molecular complexity index is 350. The predicted octanol–water partition coefficient (Wildman–Crippen LogP) is 1.34. The van der Waals surface area contributed by atoms with Crippen molar-refractivity contribution in [3.8, 4) is 0 Å². The minimum atomic E-state index is -0.497. The van der Waals surface area contributed by atoms with E-state index < -0.39 is 6.10 Å². The number of rotatable bonds is 2. The average Bonchev–Trinajstić information content (AvgIpc) is 2.58. The fourth-order valence-corrected chi connectivity index (χ4v) is 2.00. The molecule has 0 aliphatic carbocycles. The van der Waals surface area contributed by atoms with E-state index in [2.05, 4.69) is 0 Å². The molecule has 0 spiro atoms. The Morgan fingerprint density at radius 1 is 1.40 bits per heavy atom. The van der Waals surface area contributed by atoms with Crippen LogP contribution in [0.15, 0.2) is 30.3 Å². The zero-order valence-electron chi connectivity index (χ0n) is 8.76. The number of hydrogen-bond donors (Lipinski definition) is 1. The standard InChI is InChI=1S/C12H15NO2/c1-9(10-5-3-2-4-6-10)13-8-11(14)7-12(13)15/h2-6,9,11,14H,7-8H2,1H3/t9-,11+/m1/s1. The highest BCUT2D eigenvalue weighted by Crippen LogP contribution is 2.25. The van der Waals surface area contributed by atoms with Crippen molar-refractivity contribution < 1.29 is 9.90 Å². The number of nitrogens with zero attached hydrogens (tertiary/aromatic N) is 1. The third kappa shape index (κ3) is 2.02. The first-order chi connectivity index (χ1) is 7.18. The van der Waals surface area contributed by atoms with Crippen LogP contribution < -0.4 is 0 Å². The minimum absolute atomic E-state index is 0.0406. The van der Waals surface area contributed by atoms with Gasteiger partial charge >= 0.3 is 0 Å². The topological polar surface area (TPSA) is 40.5 Å². The highest BCUT2D eigenvalue weighted by molar-refractivity contribution is 5.79.